The Bertz CT molecular complexity index is 505. The molecule has 0 unspecified atom stereocenters. The molecule has 0 atom stereocenters. The number of amides is 1. The lowest BCUT2D eigenvalue weighted by atomic mass is 10.2. The number of nitrogens with zero attached hydrogens (tertiary/aromatic N) is 2. The van der Waals surface area contributed by atoms with Gasteiger partial charge in [0.25, 0.3) is 5.91 Å². The van der Waals surface area contributed by atoms with E-state index in [-0.39, 0.29) is 5.57 Å². The Kier molecular flexibility index (Phi) is 3.68. The fourth-order valence-electron chi connectivity index (χ4n) is 1.95. The first-order valence-electron chi connectivity index (χ1n) is 5.93. The SMILES string of the molecule is CNC(=O)/C(C#N)=C/c1ccc(N2CCCC2)o1. The third-order valence-electron chi connectivity index (χ3n) is 2.91. The predicted molar refractivity (Wildman–Crippen MR) is 67.8 cm³/mol. The summed E-state index contributed by atoms with van der Waals surface area (Å²) in [6.45, 7) is 1.99. The van der Waals surface area contributed by atoms with Gasteiger partial charge in [0, 0.05) is 32.3 Å². The van der Waals surface area contributed by atoms with E-state index in [4.69, 9.17) is 9.68 Å². The zero-order valence-electron chi connectivity index (χ0n) is 10.3. The summed E-state index contributed by atoms with van der Waals surface area (Å²) in [6.07, 6.45) is 3.81. The second-order valence-corrected chi connectivity index (χ2v) is 4.12. The number of furan rings is 1. The molecule has 1 fully saturated rings. The Balaban J connectivity index is 2.17. The van der Waals surface area contributed by atoms with Crippen LogP contribution in [0.5, 0.6) is 0 Å². The summed E-state index contributed by atoms with van der Waals surface area (Å²) in [5.74, 6) is 0.918. The van der Waals surface area contributed by atoms with Crippen LogP contribution in [0.4, 0.5) is 5.88 Å². The van der Waals surface area contributed by atoms with Crippen molar-refractivity contribution in [3.8, 4) is 6.07 Å². The average Bonchev–Trinajstić information content (AvgIpc) is 3.05. The van der Waals surface area contributed by atoms with E-state index >= 15 is 0 Å². The Morgan fingerprint density at radius 2 is 2.22 bits per heavy atom. The zero-order valence-corrected chi connectivity index (χ0v) is 10.3. The van der Waals surface area contributed by atoms with Crippen molar-refractivity contribution in [2.45, 2.75) is 12.8 Å². The van der Waals surface area contributed by atoms with Gasteiger partial charge in [-0.15, -0.1) is 0 Å². The van der Waals surface area contributed by atoms with Crippen LogP contribution < -0.4 is 10.2 Å². The van der Waals surface area contributed by atoms with Crippen LogP contribution in [-0.4, -0.2) is 26.0 Å². The summed E-state index contributed by atoms with van der Waals surface area (Å²) < 4.78 is 5.61. The number of nitrogens with one attached hydrogen (secondary N) is 1. The summed E-state index contributed by atoms with van der Waals surface area (Å²) in [5.41, 5.74) is 0.0415. The molecular formula is C13H15N3O2. The van der Waals surface area contributed by atoms with Crippen molar-refractivity contribution in [2.75, 3.05) is 25.0 Å². The van der Waals surface area contributed by atoms with E-state index in [1.165, 1.54) is 26.0 Å². The molecule has 1 aliphatic heterocycles. The molecule has 1 aromatic heterocycles. The van der Waals surface area contributed by atoms with E-state index in [0.717, 1.165) is 19.0 Å². The molecule has 0 spiro atoms. The summed E-state index contributed by atoms with van der Waals surface area (Å²) in [7, 11) is 1.49. The first kappa shape index (κ1) is 12.2. The second-order valence-electron chi connectivity index (χ2n) is 4.12. The van der Waals surface area contributed by atoms with Gasteiger partial charge in [0.05, 0.1) is 0 Å². The standard InChI is InChI=1S/C13H15N3O2/c1-15-13(17)10(9-14)8-11-4-5-12(18-11)16-6-2-3-7-16/h4-5,8H,2-3,6-7H2,1H3,(H,15,17)/b10-8+. The van der Waals surface area contributed by atoms with Gasteiger partial charge >= 0.3 is 0 Å². The minimum atomic E-state index is -0.406. The van der Waals surface area contributed by atoms with Crippen LogP contribution in [0.3, 0.4) is 0 Å². The minimum Gasteiger partial charge on any atom is -0.441 e. The number of likely N-dealkylation sites (N-methyl/N-ethyl adjacent to an activating group) is 1. The van der Waals surface area contributed by atoms with E-state index in [9.17, 15) is 4.79 Å². The molecule has 0 bridgehead atoms. The lowest BCUT2D eigenvalue weighted by molar-refractivity contribution is -0.116. The number of hydrogen-bond donors (Lipinski definition) is 1. The molecule has 18 heavy (non-hydrogen) atoms. The average molecular weight is 245 g/mol. The Morgan fingerprint density at radius 3 is 2.83 bits per heavy atom. The predicted octanol–water partition coefficient (Wildman–Crippen LogP) is 1.53. The Morgan fingerprint density at radius 1 is 1.50 bits per heavy atom. The molecule has 5 heteroatoms. The van der Waals surface area contributed by atoms with Crippen molar-refractivity contribution in [3.63, 3.8) is 0 Å². The molecule has 1 aromatic rings. The molecular weight excluding hydrogens is 230 g/mol. The van der Waals surface area contributed by atoms with E-state index in [0.29, 0.717) is 5.76 Å². The van der Waals surface area contributed by atoms with E-state index < -0.39 is 5.91 Å². The fourth-order valence-corrected chi connectivity index (χ4v) is 1.95. The normalized spacial score (nSPS) is 15.6. The maximum absolute atomic E-state index is 11.4. The van der Waals surface area contributed by atoms with E-state index in [2.05, 4.69) is 10.2 Å². The smallest absolute Gasteiger partial charge is 0.261 e. The minimum absolute atomic E-state index is 0.0415. The number of carbonyl (C=O) groups excluding carboxylic acids is 1. The molecule has 0 radical (unpaired) electrons. The highest BCUT2D eigenvalue weighted by Crippen LogP contribution is 2.23. The first-order valence-corrected chi connectivity index (χ1v) is 5.93. The number of nitriles is 1. The number of anilines is 1. The molecule has 1 aliphatic rings. The zero-order chi connectivity index (χ0) is 13.0. The summed E-state index contributed by atoms with van der Waals surface area (Å²) in [5, 5.41) is 11.3. The van der Waals surface area contributed by atoms with Crippen LogP contribution in [0.15, 0.2) is 22.1 Å². The third-order valence-corrected chi connectivity index (χ3v) is 2.91. The van der Waals surface area contributed by atoms with Crippen LogP contribution in [0.1, 0.15) is 18.6 Å². The summed E-state index contributed by atoms with van der Waals surface area (Å²) in [4.78, 5) is 13.5. The molecule has 2 rings (SSSR count). The van der Waals surface area contributed by atoms with Gasteiger partial charge in [-0.25, -0.2) is 0 Å². The van der Waals surface area contributed by atoms with Crippen LogP contribution in [0.2, 0.25) is 0 Å². The fraction of sp³-hybridized carbons (Fsp3) is 0.385. The molecule has 5 nitrogen and oxygen atoms in total. The Hall–Kier alpha value is -2.22. The van der Waals surface area contributed by atoms with Crippen molar-refractivity contribution >= 4 is 17.9 Å². The van der Waals surface area contributed by atoms with Gasteiger partial charge in [-0.3, -0.25) is 4.79 Å². The third kappa shape index (κ3) is 2.54. The molecule has 2 heterocycles. The lowest BCUT2D eigenvalue weighted by Gasteiger charge is -2.12. The number of hydrogen-bond acceptors (Lipinski definition) is 4. The quantitative estimate of drug-likeness (QED) is 0.647. The highest BCUT2D eigenvalue weighted by molar-refractivity contribution is 6.01. The van der Waals surface area contributed by atoms with Crippen molar-refractivity contribution in [2.24, 2.45) is 0 Å². The van der Waals surface area contributed by atoms with Gasteiger partial charge in [-0.1, -0.05) is 0 Å². The molecule has 0 aliphatic carbocycles. The van der Waals surface area contributed by atoms with Gasteiger partial charge in [-0.05, 0) is 18.9 Å². The van der Waals surface area contributed by atoms with E-state index in [1.54, 1.807) is 6.07 Å². The molecule has 1 saturated heterocycles. The van der Waals surface area contributed by atoms with Crippen LogP contribution >= 0.6 is 0 Å². The molecule has 1 N–H and O–H groups in total. The highest BCUT2D eigenvalue weighted by atomic mass is 16.4. The Labute approximate surface area is 106 Å². The maximum atomic E-state index is 11.4. The van der Waals surface area contributed by atoms with Gasteiger partial charge in [0.1, 0.15) is 17.4 Å². The second kappa shape index (κ2) is 5.41. The van der Waals surface area contributed by atoms with Crippen molar-refractivity contribution < 1.29 is 9.21 Å². The van der Waals surface area contributed by atoms with Crippen LogP contribution in [0, 0.1) is 11.3 Å². The van der Waals surface area contributed by atoms with Crippen LogP contribution in [0.25, 0.3) is 6.08 Å². The van der Waals surface area contributed by atoms with Crippen molar-refractivity contribution in [3.05, 3.63) is 23.5 Å². The molecule has 0 saturated carbocycles. The largest absolute Gasteiger partial charge is 0.441 e. The maximum Gasteiger partial charge on any atom is 0.261 e. The van der Waals surface area contributed by atoms with Gasteiger partial charge in [0.2, 0.25) is 0 Å². The molecule has 0 aromatic carbocycles. The van der Waals surface area contributed by atoms with Gasteiger partial charge in [0.15, 0.2) is 5.88 Å². The highest BCUT2D eigenvalue weighted by Gasteiger charge is 2.15. The topological polar surface area (TPSA) is 69.3 Å². The van der Waals surface area contributed by atoms with Gasteiger partial charge < -0.3 is 14.6 Å². The van der Waals surface area contributed by atoms with Gasteiger partial charge in [-0.2, -0.15) is 5.26 Å². The van der Waals surface area contributed by atoms with Crippen molar-refractivity contribution in [1.29, 1.82) is 5.26 Å². The monoisotopic (exact) mass is 245 g/mol. The lowest BCUT2D eigenvalue weighted by Crippen LogP contribution is -2.19. The van der Waals surface area contributed by atoms with E-state index in [1.807, 2.05) is 12.1 Å². The first-order chi connectivity index (χ1) is 8.74. The molecule has 94 valence electrons. The summed E-state index contributed by atoms with van der Waals surface area (Å²) in [6, 6.07) is 5.50. The molecule has 1 amide bonds. The van der Waals surface area contributed by atoms with Crippen LogP contribution in [-0.2, 0) is 4.79 Å². The van der Waals surface area contributed by atoms with Crippen molar-refractivity contribution in [1.82, 2.24) is 5.32 Å². The summed E-state index contributed by atoms with van der Waals surface area (Å²) >= 11 is 0. The number of carbonyl (C=O) groups is 1. The number of rotatable bonds is 3.